The predicted molar refractivity (Wildman–Crippen MR) is 105 cm³/mol. The molecule has 2 heterocycles. The molecule has 3 unspecified atom stereocenters. The van der Waals surface area contributed by atoms with Gasteiger partial charge in [-0.05, 0) is 49.3 Å². The number of benzene rings is 1. The van der Waals surface area contributed by atoms with E-state index in [1.807, 2.05) is 30.5 Å². The summed E-state index contributed by atoms with van der Waals surface area (Å²) in [5.41, 5.74) is 8.32. The zero-order valence-corrected chi connectivity index (χ0v) is 15.7. The number of para-hydroxylation sites is 1. The number of fused-ring (bicyclic) bond motifs is 1. The standard InChI is InChI=1S/C21H28N4O2/c1-2-5-16-11-19(25-24-16)21(27)23-20(14-9-17(26)10-14)15-8-13-6-3-4-7-18(13)22-12-15/h3-4,6-8,12,14,16-17,19-20,24-26H,2,5,9-11H2,1H3,(H,23,27). The van der Waals surface area contributed by atoms with Crippen molar-refractivity contribution in [2.24, 2.45) is 5.92 Å². The largest absolute Gasteiger partial charge is 0.393 e. The molecule has 6 nitrogen and oxygen atoms in total. The molecular formula is C21H28N4O2. The summed E-state index contributed by atoms with van der Waals surface area (Å²) in [5.74, 6) is 0.258. The quantitative estimate of drug-likeness (QED) is 0.628. The number of nitrogens with one attached hydrogen (secondary N) is 3. The van der Waals surface area contributed by atoms with Gasteiger partial charge in [-0.1, -0.05) is 31.5 Å². The van der Waals surface area contributed by atoms with Gasteiger partial charge >= 0.3 is 0 Å². The summed E-state index contributed by atoms with van der Waals surface area (Å²) in [6.45, 7) is 2.15. The van der Waals surface area contributed by atoms with Crippen LogP contribution >= 0.6 is 0 Å². The van der Waals surface area contributed by atoms with E-state index >= 15 is 0 Å². The first-order valence-corrected chi connectivity index (χ1v) is 9.98. The van der Waals surface area contributed by atoms with Crippen molar-refractivity contribution in [3.8, 4) is 0 Å². The lowest BCUT2D eigenvalue weighted by Crippen LogP contribution is -2.48. The topological polar surface area (TPSA) is 86.3 Å². The Morgan fingerprint density at radius 3 is 2.89 bits per heavy atom. The smallest absolute Gasteiger partial charge is 0.239 e. The number of rotatable bonds is 6. The normalized spacial score (nSPS) is 28.7. The zero-order valence-electron chi connectivity index (χ0n) is 15.7. The summed E-state index contributed by atoms with van der Waals surface area (Å²) in [6, 6.07) is 10.1. The summed E-state index contributed by atoms with van der Waals surface area (Å²) in [7, 11) is 0. The first kappa shape index (κ1) is 18.3. The molecule has 1 aromatic heterocycles. The first-order valence-electron chi connectivity index (χ1n) is 9.98. The van der Waals surface area contributed by atoms with E-state index < -0.39 is 0 Å². The van der Waals surface area contributed by atoms with Gasteiger partial charge in [0.05, 0.1) is 17.7 Å². The number of aromatic nitrogens is 1. The second-order valence-electron chi connectivity index (χ2n) is 7.90. The Hall–Kier alpha value is -2.02. The number of hydrogen-bond donors (Lipinski definition) is 4. The number of hydrogen-bond acceptors (Lipinski definition) is 5. The molecule has 0 radical (unpaired) electrons. The predicted octanol–water partition coefficient (Wildman–Crippen LogP) is 2.20. The van der Waals surface area contributed by atoms with E-state index in [1.54, 1.807) is 0 Å². The number of amides is 1. The summed E-state index contributed by atoms with van der Waals surface area (Å²) < 4.78 is 0. The van der Waals surface area contributed by atoms with Gasteiger partial charge in [0.2, 0.25) is 5.91 Å². The van der Waals surface area contributed by atoms with Crippen molar-refractivity contribution < 1.29 is 9.90 Å². The van der Waals surface area contributed by atoms with E-state index in [0.29, 0.717) is 18.9 Å². The molecule has 27 heavy (non-hydrogen) atoms. The fourth-order valence-corrected chi connectivity index (χ4v) is 4.22. The maximum absolute atomic E-state index is 12.9. The van der Waals surface area contributed by atoms with Gasteiger partial charge in [0, 0.05) is 17.6 Å². The van der Waals surface area contributed by atoms with E-state index in [1.165, 1.54) is 0 Å². The maximum atomic E-state index is 12.9. The van der Waals surface area contributed by atoms with Crippen LogP contribution in [0.1, 0.15) is 50.6 Å². The molecule has 2 aliphatic rings. The first-order chi connectivity index (χ1) is 13.1. The van der Waals surface area contributed by atoms with Crippen LogP contribution < -0.4 is 16.2 Å². The van der Waals surface area contributed by atoms with Crippen LogP contribution in [0.3, 0.4) is 0 Å². The average molecular weight is 368 g/mol. The average Bonchev–Trinajstić information content (AvgIpc) is 3.12. The summed E-state index contributed by atoms with van der Waals surface area (Å²) in [6.07, 6.45) is 5.98. The van der Waals surface area contributed by atoms with Gasteiger partial charge < -0.3 is 10.4 Å². The van der Waals surface area contributed by atoms with Gasteiger partial charge in [0.1, 0.15) is 6.04 Å². The Morgan fingerprint density at radius 1 is 1.30 bits per heavy atom. The monoisotopic (exact) mass is 368 g/mol. The molecule has 0 bridgehead atoms. The Balaban J connectivity index is 1.51. The summed E-state index contributed by atoms with van der Waals surface area (Å²) in [5, 5.41) is 14.1. The molecule has 1 aliphatic carbocycles. The van der Waals surface area contributed by atoms with Crippen LogP contribution in [0.2, 0.25) is 0 Å². The molecule has 1 amide bonds. The number of carbonyl (C=O) groups excluding carboxylic acids is 1. The number of pyridine rings is 1. The molecule has 4 N–H and O–H groups in total. The third-order valence-electron chi connectivity index (χ3n) is 5.83. The molecule has 2 aromatic rings. The second-order valence-corrected chi connectivity index (χ2v) is 7.90. The van der Waals surface area contributed by atoms with E-state index in [-0.39, 0.29) is 30.0 Å². The minimum absolute atomic E-state index is 0.0145. The number of aliphatic hydroxyl groups is 1. The van der Waals surface area contributed by atoms with Crippen molar-refractivity contribution in [1.29, 1.82) is 0 Å². The van der Waals surface area contributed by atoms with E-state index in [0.717, 1.165) is 35.7 Å². The molecule has 4 rings (SSSR count). The van der Waals surface area contributed by atoms with E-state index in [4.69, 9.17) is 0 Å². The Bertz CT molecular complexity index is 806. The highest BCUT2D eigenvalue weighted by Crippen LogP contribution is 2.38. The Morgan fingerprint density at radius 2 is 2.11 bits per heavy atom. The lowest BCUT2D eigenvalue weighted by atomic mass is 9.75. The van der Waals surface area contributed by atoms with Crippen molar-refractivity contribution in [2.75, 3.05) is 0 Å². The third-order valence-corrected chi connectivity index (χ3v) is 5.83. The number of hydrazine groups is 1. The molecular weight excluding hydrogens is 340 g/mol. The molecule has 1 aromatic carbocycles. The maximum Gasteiger partial charge on any atom is 0.239 e. The lowest BCUT2D eigenvalue weighted by Gasteiger charge is -2.38. The van der Waals surface area contributed by atoms with Gasteiger partial charge in [-0.25, -0.2) is 5.43 Å². The molecule has 144 valence electrons. The Labute approximate surface area is 159 Å². The lowest BCUT2D eigenvalue weighted by molar-refractivity contribution is -0.124. The molecule has 6 heteroatoms. The SMILES string of the molecule is CCCC1CC(C(=O)NC(c2cnc3ccccc3c2)C2CC(O)C2)NN1. The highest BCUT2D eigenvalue weighted by Gasteiger charge is 2.38. The van der Waals surface area contributed by atoms with Crippen LogP contribution in [0, 0.1) is 5.92 Å². The minimum atomic E-state index is -0.261. The van der Waals surface area contributed by atoms with Crippen LogP contribution in [-0.2, 0) is 4.79 Å². The number of carbonyl (C=O) groups is 1. The minimum Gasteiger partial charge on any atom is -0.393 e. The zero-order chi connectivity index (χ0) is 18.8. The van der Waals surface area contributed by atoms with Gasteiger partial charge in [0.15, 0.2) is 0 Å². The molecule has 2 fully saturated rings. The van der Waals surface area contributed by atoms with Crippen molar-refractivity contribution in [1.82, 2.24) is 21.2 Å². The van der Waals surface area contributed by atoms with Gasteiger partial charge in [-0.15, -0.1) is 0 Å². The van der Waals surface area contributed by atoms with Crippen molar-refractivity contribution >= 4 is 16.8 Å². The molecule has 3 atom stereocenters. The van der Waals surface area contributed by atoms with Crippen LogP contribution in [0.5, 0.6) is 0 Å². The van der Waals surface area contributed by atoms with Crippen LogP contribution in [0.4, 0.5) is 0 Å². The molecule has 0 spiro atoms. The van der Waals surface area contributed by atoms with Crippen molar-refractivity contribution in [2.45, 2.75) is 63.3 Å². The highest BCUT2D eigenvalue weighted by atomic mass is 16.3. The van der Waals surface area contributed by atoms with E-state index in [9.17, 15) is 9.90 Å². The number of aliphatic hydroxyl groups excluding tert-OH is 1. The fourth-order valence-electron chi connectivity index (χ4n) is 4.22. The van der Waals surface area contributed by atoms with Crippen LogP contribution in [0.25, 0.3) is 10.9 Å². The van der Waals surface area contributed by atoms with E-state index in [2.05, 4.69) is 34.1 Å². The van der Waals surface area contributed by atoms with Gasteiger partial charge in [-0.3, -0.25) is 15.2 Å². The third kappa shape index (κ3) is 3.98. The molecule has 1 saturated heterocycles. The number of nitrogens with zero attached hydrogens (tertiary/aromatic N) is 1. The van der Waals surface area contributed by atoms with Gasteiger partial charge in [0.25, 0.3) is 0 Å². The van der Waals surface area contributed by atoms with Crippen molar-refractivity contribution in [3.63, 3.8) is 0 Å². The Kier molecular flexibility index (Phi) is 5.38. The van der Waals surface area contributed by atoms with Crippen LogP contribution in [-0.4, -0.2) is 34.2 Å². The van der Waals surface area contributed by atoms with Gasteiger partial charge in [-0.2, -0.15) is 0 Å². The summed E-state index contributed by atoms with van der Waals surface area (Å²) in [4.78, 5) is 17.4. The molecule has 1 saturated carbocycles. The fraction of sp³-hybridized carbons (Fsp3) is 0.524. The second kappa shape index (κ2) is 7.92. The highest BCUT2D eigenvalue weighted by molar-refractivity contribution is 5.83. The summed E-state index contributed by atoms with van der Waals surface area (Å²) >= 11 is 0. The molecule has 1 aliphatic heterocycles. The van der Waals surface area contributed by atoms with Crippen molar-refractivity contribution in [3.05, 3.63) is 42.1 Å². The van der Waals surface area contributed by atoms with Crippen LogP contribution in [0.15, 0.2) is 36.5 Å².